The summed E-state index contributed by atoms with van der Waals surface area (Å²) in [6, 6.07) is 2.07. The molecule has 1 fully saturated rings. The Morgan fingerprint density at radius 3 is 3.06 bits per heavy atom. The molecule has 2 nitrogen and oxygen atoms in total. The van der Waals surface area contributed by atoms with Crippen molar-refractivity contribution in [2.75, 3.05) is 13.1 Å². The highest BCUT2D eigenvalue weighted by Gasteiger charge is 2.31. The van der Waals surface area contributed by atoms with Gasteiger partial charge < -0.3 is 5.32 Å². The molecule has 16 heavy (non-hydrogen) atoms. The minimum atomic E-state index is 0.532. The van der Waals surface area contributed by atoms with E-state index in [0.717, 1.165) is 29.9 Å². The van der Waals surface area contributed by atoms with Gasteiger partial charge in [-0.05, 0) is 57.9 Å². The van der Waals surface area contributed by atoms with Crippen molar-refractivity contribution in [1.82, 2.24) is 10.3 Å². The fourth-order valence-electron chi connectivity index (χ4n) is 2.59. The average molecular weight is 300 g/mol. The number of rotatable bonds is 1. The van der Waals surface area contributed by atoms with E-state index in [2.05, 4.69) is 38.4 Å². The van der Waals surface area contributed by atoms with Crippen LogP contribution in [0, 0.1) is 11.8 Å². The molecular formula is C12H12BrClN2. The van der Waals surface area contributed by atoms with Crippen LogP contribution in [-0.4, -0.2) is 18.1 Å². The maximum absolute atomic E-state index is 5.90. The maximum Gasteiger partial charge on any atom is 0.143 e. The number of hydrogen-bond donors (Lipinski definition) is 1. The number of aromatic nitrogens is 1. The first-order valence-corrected chi connectivity index (χ1v) is 6.64. The van der Waals surface area contributed by atoms with Crippen molar-refractivity contribution in [3.05, 3.63) is 33.5 Å². The summed E-state index contributed by atoms with van der Waals surface area (Å²) in [5, 5.41) is 3.96. The van der Waals surface area contributed by atoms with Crippen LogP contribution >= 0.6 is 27.5 Å². The van der Waals surface area contributed by atoms with Gasteiger partial charge >= 0.3 is 0 Å². The Labute approximate surface area is 108 Å². The molecule has 84 valence electrons. The first-order valence-electron chi connectivity index (χ1n) is 5.47. The van der Waals surface area contributed by atoms with Crippen LogP contribution in [0.5, 0.6) is 0 Å². The molecule has 2 aliphatic rings. The number of nitrogens with zero attached hydrogens (tertiary/aromatic N) is 1. The fraction of sp³-hybridized carbons (Fsp3) is 0.417. The Hall–Kier alpha value is -0.380. The lowest BCUT2D eigenvalue weighted by Crippen LogP contribution is -2.09. The largest absolute Gasteiger partial charge is 0.316 e. The molecule has 0 saturated carbocycles. The normalized spacial score (nSPS) is 28.0. The highest BCUT2D eigenvalue weighted by Crippen LogP contribution is 2.38. The van der Waals surface area contributed by atoms with Crippen molar-refractivity contribution < 1.29 is 0 Å². The third-order valence-electron chi connectivity index (χ3n) is 3.46. The molecule has 0 aromatic carbocycles. The van der Waals surface area contributed by atoms with E-state index >= 15 is 0 Å². The summed E-state index contributed by atoms with van der Waals surface area (Å²) in [4.78, 5) is 4.18. The summed E-state index contributed by atoms with van der Waals surface area (Å²) in [7, 11) is 0. The Morgan fingerprint density at radius 2 is 2.31 bits per heavy atom. The fourth-order valence-corrected chi connectivity index (χ4v) is 3.04. The van der Waals surface area contributed by atoms with Crippen LogP contribution in [0.25, 0.3) is 5.57 Å². The summed E-state index contributed by atoms with van der Waals surface area (Å²) in [6.07, 6.45) is 5.42. The third kappa shape index (κ3) is 1.81. The number of halogens is 2. The topological polar surface area (TPSA) is 24.9 Å². The first kappa shape index (κ1) is 10.8. The van der Waals surface area contributed by atoms with Gasteiger partial charge in [-0.3, -0.25) is 0 Å². The zero-order chi connectivity index (χ0) is 11.1. The lowest BCUT2D eigenvalue weighted by atomic mass is 9.99. The monoisotopic (exact) mass is 298 g/mol. The van der Waals surface area contributed by atoms with Crippen molar-refractivity contribution in [3.8, 4) is 0 Å². The highest BCUT2D eigenvalue weighted by molar-refractivity contribution is 9.10. The van der Waals surface area contributed by atoms with Gasteiger partial charge in [-0.2, -0.15) is 0 Å². The van der Waals surface area contributed by atoms with Crippen LogP contribution in [0.4, 0.5) is 0 Å². The van der Waals surface area contributed by atoms with E-state index < -0.39 is 0 Å². The molecule has 1 aromatic rings. The number of nitrogens with one attached hydrogen (secondary N) is 1. The van der Waals surface area contributed by atoms with Crippen LogP contribution in [0.3, 0.4) is 0 Å². The van der Waals surface area contributed by atoms with Gasteiger partial charge in [0.25, 0.3) is 0 Å². The molecule has 3 rings (SSSR count). The van der Waals surface area contributed by atoms with Crippen LogP contribution in [0.2, 0.25) is 5.15 Å². The molecular weight excluding hydrogens is 288 g/mol. The molecule has 1 saturated heterocycles. The van der Waals surface area contributed by atoms with Crippen LogP contribution < -0.4 is 5.32 Å². The van der Waals surface area contributed by atoms with E-state index in [-0.39, 0.29) is 0 Å². The predicted octanol–water partition coefficient (Wildman–Crippen LogP) is 3.12. The van der Waals surface area contributed by atoms with Crippen LogP contribution in [-0.2, 0) is 0 Å². The van der Waals surface area contributed by atoms with E-state index in [4.69, 9.17) is 11.6 Å². The van der Waals surface area contributed by atoms with E-state index in [1.807, 2.05) is 6.20 Å². The van der Waals surface area contributed by atoms with Gasteiger partial charge in [0.2, 0.25) is 0 Å². The second-order valence-corrected chi connectivity index (χ2v) is 5.69. The van der Waals surface area contributed by atoms with Gasteiger partial charge in [-0.25, -0.2) is 4.98 Å². The quantitative estimate of drug-likeness (QED) is 0.806. The second-order valence-electron chi connectivity index (χ2n) is 4.47. The molecule has 0 bridgehead atoms. The number of hydrogen-bond acceptors (Lipinski definition) is 2. The minimum Gasteiger partial charge on any atom is -0.316 e. The van der Waals surface area contributed by atoms with Crippen molar-refractivity contribution in [2.45, 2.75) is 6.42 Å². The summed E-state index contributed by atoms with van der Waals surface area (Å²) in [5.41, 5.74) is 2.62. The van der Waals surface area contributed by atoms with Crippen molar-refractivity contribution in [3.63, 3.8) is 0 Å². The molecule has 4 heteroatoms. The zero-order valence-electron chi connectivity index (χ0n) is 8.71. The number of allylic oxidation sites excluding steroid dienone is 1. The molecule has 2 unspecified atom stereocenters. The summed E-state index contributed by atoms with van der Waals surface area (Å²) < 4.78 is 0.878. The Morgan fingerprint density at radius 1 is 1.44 bits per heavy atom. The zero-order valence-corrected chi connectivity index (χ0v) is 11.1. The van der Waals surface area contributed by atoms with Gasteiger partial charge in [0.1, 0.15) is 5.15 Å². The number of pyridine rings is 1. The van der Waals surface area contributed by atoms with E-state index in [1.165, 1.54) is 11.1 Å². The SMILES string of the molecule is Clc1ncc(C2=CC3CNCC3C2)cc1Br. The molecule has 1 N–H and O–H groups in total. The second kappa shape index (κ2) is 4.13. The highest BCUT2D eigenvalue weighted by atomic mass is 79.9. The Bertz CT molecular complexity index is 458. The first-order chi connectivity index (χ1) is 7.74. The molecule has 0 amide bonds. The van der Waals surface area contributed by atoms with E-state index in [0.29, 0.717) is 11.1 Å². The summed E-state index contributed by atoms with van der Waals surface area (Å²) in [5.74, 6) is 1.49. The summed E-state index contributed by atoms with van der Waals surface area (Å²) >= 11 is 9.32. The van der Waals surface area contributed by atoms with Crippen molar-refractivity contribution >= 4 is 33.1 Å². The Kier molecular flexibility index (Phi) is 2.78. The van der Waals surface area contributed by atoms with Crippen LogP contribution in [0.1, 0.15) is 12.0 Å². The molecule has 1 aliphatic carbocycles. The maximum atomic E-state index is 5.90. The van der Waals surface area contributed by atoms with E-state index in [1.54, 1.807) is 0 Å². The van der Waals surface area contributed by atoms with Gasteiger partial charge in [-0.1, -0.05) is 17.7 Å². The molecule has 2 atom stereocenters. The van der Waals surface area contributed by atoms with Gasteiger partial charge in [-0.15, -0.1) is 0 Å². The Balaban J connectivity index is 1.90. The molecule has 1 aromatic heterocycles. The van der Waals surface area contributed by atoms with Crippen molar-refractivity contribution in [1.29, 1.82) is 0 Å². The van der Waals surface area contributed by atoms with Crippen LogP contribution in [0.15, 0.2) is 22.8 Å². The molecule has 2 heterocycles. The minimum absolute atomic E-state index is 0.532. The van der Waals surface area contributed by atoms with Gasteiger partial charge in [0.05, 0.1) is 4.47 Å². The van der Waals surface area contributed by atoms with Gasteiger partial charge in [0, 0.05) is 12.7 Å². The predicted molar refractivity (Wildman–Crippen MR) is 69.4 cm³/mol. The van der Waals surface area contributed by atoms with Crippen molar-refractivity contribution in [2.24, 2.45) is 11.8 Å². The molecule has 0 spiro atoms. The average Bonchev–Trinajstić information content (AvgIpc) is 2.81. The third-order valence-corrected chi connectivity index (χ3v) is 4.59. The van der Waals surface area contributed by atoms with E-state index in [9.17, 15) is 0 Å². The molecule has 0 radical (unpaired) electrons. The van der Waals surface area contributed by atoms with Gasteiger partial charge in [0.15, 0.2) is 0 Å². The lowest BCUT2D eigenvalue weighted by molar-refractivity contribution is 0.536. The standard InChI is InChI=1S/C12H12BrClN2/c13-11-3-10(6-16-12(11)14)7-1-8-4-15-5-9(8)2-7/h1,3,6,8-9,15H,2,4-5H2. The smallest absolute Gasteiger partial charge is 0.143 e. The number of fused-ring (bicyclic) bond motifs is 1. The molecule has 1 aliphatic heterocycles. The lowest BCUT2D eigenvalue weighted by Gasteiger charge is -2.07. The summed E-state index contributed by atoms with van der Waals surface area (Å²) in [6.45, 7) is 2.27.